The molecule has 12 heteroatoms. The molecule has 36 heavy (non-hydrogen) atoms. The molecule has 3 aromatic rings. The zero-order valence-corrected chi connectivity index (χ0v) is 21.1. The van der Waals surface area contributed by atoms with Crippen molar-refractivity contribution >= 4 is 35.7 Å². The molecule has 0 radical (unpaired) electrons. The third-order valence-electron chi connectivity index (χ3n) is 5.10. The number of imidazole rings is 1. The lowest BCUT2D eigenvalue weighted by atomic mass is 9.97. The van der Waals surface area contributed by atoms with Crippen molar-refractivity contribution < 1.29 is 32.6 Å². The van der Waals surface area contributed by atoms with Gasteiger partial charge in [0.05, 0.1) is 11.9 Å². The number of carbonyl (C=O) groups excluding carboxylic acids is 2. The predicted molar refractivity (Wildman–Crippen MR) is 130 cm³/mol. The lowest BCUT2D eigenvalue weighted by Gasteiger charge is -2.18. The van der Waals surface area contributed by atoms with Crippen LogP contribution in [-0.2, 0) is 26.4 Å². The number of carbonyl (C=O) groups is 2. The van der Waals surface area contributed by atoms with Crippen molar-refractivity contribution in [2.75, 3.05) is 0 Å². The average molecular weight is 546 g/mol. The molecule has 0 saturated carbocycles. The molecule has 7 nitrogen and oxygen atoms in total. The Kier molecular flexibility index (Phi) is 9.39. The number of phenolic OH excluding ortho intramolecular Hbond substituents is 1. The fourth-order valence-electron chi connectivity index (χ4n) is 3.26. The van der Waals surface area contributed by atoms with Gasteiger partial charge in [0, 0.05) is 30.7 Å². The molecule has 0 saturated heterocycles. The number of aromatic hydroxyl groups is 1. The quantitative estimate of drug-likeness (QED) is 0.361. The Labute approximate surface area is 216 Å². The van der Waals surface area contributed by atoms with Crippen molar-refractivity contribution in [3.05, 3.63) is 75.8 Å². The Bertz CT molecular complexity index is 1260. The number of ketones is 1. The summed E-state index contributed by atoms with van der Waals surface area (Å²) in [7, 11) is 1.74. The van der Waals surface area contributed by atoms with Crippen LogP contribution < -0.4 is 10.1 Å². The number of hydrogen-bond donors (Lipinski definition) is 2. The number of hydrogen-bond acceptors (Lipinski definition) is 5. The third kappa shape index (κ3) is 6.70. The molecule has 3 rings (SSSR count). The molecule has 0 aliphatic rings. The highest BCUT2D eigenvalue weighted by Gasteiger charge is 2.40. The minimum Gasteiger partial charge on any atom is -0.506 e. The first-order valence-corrected chi connectivity index (χ1v) is 10.9. The predicted octanol–water partition coefficient (Wildman–Crippen LogP) is 5.57. The summed E-state index contributed by atoms with van der Waals surface area (Å²) in [5.41, 5.74) is -0.531. The Morgan fingerprint density at radius 2 is 1.92 bits per heavy atom. The van der Waals surface area contributed by atoms with Crippen LogP contribution in [0.4, 0.5) is 13.2 Å². The van der Waals surface area contributed by atoms with E-state index in [1.54, 1.807) is 29.9 Å². The van der Waals surface area contributed by atoms with Gasteiger partial charge >= 0.3 is 6.18 Å². The zero-order valence-electron chi connectivity index (χ0n) is 19.5. The molecule has 0 aliphatic heterocycles. The molecule has 0 fully saturated rings. The van der Waals surface area contributed by atoms with E-state index < -0.39 is 40.5 Å². The normalized spacial score (nSPS) is 11.2. The molecular formula is C24H24Cl2F3N3O4. The maximum absolute atomic E-state index is 13.7. The van der Waals surface area contributed by atoms with Gasteiger partial charge in [-0.25, -0.2) is 4.98 Å². The van der Waals surface area contributed by atoms with Crippen LogP contribution in [0.15, 0.2) is 42.9 Å². The number of nitrogens with zero attached hydrogens (tertiary/aromatic N) is 2. The van der Waals surface area contributed by atoms with Crippen molar-refractivity contribution in [2.24, 2.45) is 13.0 Å². The second-order valence-corrected chi connectivity index (χ2v) is 8.58. The maximum atomic E-state index is 13.7. The monoisotopic (exact) mass is 545 g/mol. The molecule has 2 aromatic carbocycles. The second kappa shape index (κ2) is 11.7. The number of aromatic nitrogens is 2. The summed E-state index contributed by atoms with van der Waals surface area (Å²) in [6, 6.07) is 6.85. The minimum atomic E-state index is -4.94. The standard InChI is InChI=1S/C24H23ClF3N3O4.ClH/c1-13(2)21(32)16-6-7-19(20(22(16)33)24(26,27)28)35-11-14-4-5-15(17(25)8-14)9-29-23(34)18-10-31(3)12-30-18;/h4-8,10,12-13,33H,9,11H2,1-3H3,(H,29,34);1H. The van der Waals surface area contributed by atoms with Gasteiger partial charge in [0.15, 0.2) is 5.78 Å². The first kappa shape index (κ1) is 29.0. The molecule has 1 heterocycles. The van der Waals surface area contributed by atoms with Gasteiger partial charge in [-0.05, 0) is 29.3 Å². The molecule has 0 aliphatic carbocycles. The van der Waals surface area contributed by atoms with Gasteiger partial charge in [0.2, 0.25) is 0 Å². The molecule has 0 spiro atoms. The van der Waals surface area contributed by atoms with Gasteiger partial charge in [0.1, 0.15) is 29.4 Å². The van der Waals surface area contributed by atoms with Crippen molar-refractivity contribution in [2.45, 2.75) is 33.2 Å². The van der Waals surface area contributed by atoms with Crippen LogP contribution in [0.1, 0.15) is 51.4 Å². The van der Waals surface area contributed by atoms with E-state index in [9.17, 15) is 27.9 Å². The fraction of sp³-hybridized carbons (Fsp3) is 0.292. The summed E-state index contributed by atoms with van der Waals surface area (Å²) >= 11 is 6.27. The molecule has 0 atom stereocenters. The second-order valence-electron chi connectivity index (χ2n) is 8.17. The van der Waals surface area contributed by atoms with E-state index >= 15 is 0 Å². The number of phenols is 1. The number of halogens is 5. The number of benzene rings is 2. The fourth-order valence-corrected chi connectivity index (χ4v) is 3.53. The van der Waals surface area contributed by atoms with Crippen molar-refractivity contribution in [1.82, 2.24) is 14.9 Å². The van der Waals surface area contributed by atoms with Crippen LogP contribution in [-0.4, -0.2) is 26.3 Å². The Morgan fingerprint density at radius 1 is 1.22 bits per heavy atom. The Hall–Kier alpha value is -3.24. The highest BCUT2D eigenvalue weighted by atomic mass is 35.5. The topological polar surface area (TPSA) is 93.5 Å². The van der Waals surface area contributed by atoms with Gasteiger partial charge in [-0.15, -0.1) is 12.4 Å². The molecular weight excluding hydrogens is 522 g/mol. The number of amides is 1. The molecule has 194 valence electrons. The largest absolute Gasteiger partial charge is 0.506 e. The molecule has 0 bridgehead atoms. The maximum Gasteiger partial charge on any atom is 0.423 e. The molecule has 1 amide bonds. The summed E-state index contributed by atoms with van der Waals surface area (Å²) in [5, 5.41) is 13.2. The van der Waals surface area contributed by atoms with E-state index in [0.717, 1.165) is 12.1 Å². The Morgan fingerprint density at radius 3 is 2.47 bits per heavy atom. The van der Waals surface area contributed by atoms with E-state index in [4.69, 9.17) is 16.3 Å². The van der Waals surface area contributed by atoms with Crippen molar-refractivity contribution in [1.29, 1.82) is 0 Å². The summed E-state index contributed by atoms with van der Waals surface area (Å²) < 4.78 is 48.0. The third-order valence-corrected chi connectivity index (χ3v) is 5.45. The highest BCUT2D eigenvalue weighted by molar-refractivity contribution is 6.31. The van der Waals surface area contributed by atoms with Crippen molar-refractivity contribution in [3.63, 3.8) is 0 Å². The van der Waals surface area contributed by atoms with Gasteiger partial charge in [-0.1, -0.05) is 37.6 Å². The number of ether oxygens (including phenoxy) is 1. The number of aryl methyl sites for hydroxylation is 1. The molecule has 0 unspecified atom stereocenters. The first-order chi connectivity index (χ1) is 16.4. The Balaban J connectivity index is 0.00000456. The number of rotatable bonds is 8. The SMILES string of the molecule is CC(C)C(=O)c1ccc(OCc2ccc(CNC(=O)c3cn(C)cn3)c(Cl)c2)c(C(F)(F)F)c1O.Cl. The van der Waals surface area contributed by atoms with E-state index in [1.165, 1.54) is 26.2 Å². The van der Waals surface area contributed by atoms with Crippen LogP contribution in [0.2, 0.25) is 5.02 Å². The average Bonchev–Trinajstić information content (AvgIpc) is 3.21. The zero-order chi connectivity index (χ0) is 25.9. The summed E-state index contributed by atoms with van der Waals surface area (Å²) in [4.78, 5) is 28.3. The summed E-state index contributed by atoms with van der Waals surface area (Å²) in [6.45, 7) is 2.89. The lowest BCUT2D eigenvalue weighted by Crippen LogP contribution is -2.23. The van der Waals surface area contributed by atoms with Crippen molar-refractivity contribution in [3.8, 4) is 11.5 Å². The van der Waals surface area contributed by atoms with E-state index in [2.05, 4.69) is 10.3 Å². The number of Topliss-reactive ketones (excluding diaryl/α,β-unsaturated/α-hetero) is 1. The number of alkyl halides is 3. The van der Waals surface area contributed by atoms with Crippen LogP contribution in [0.3, 0.4) is 0 Å². The minimum absolute atomic E-state index is 0. The van der Waals surface area contributed by atoms with Gasteiger partial charge in [0.25, 0.3) is 5.91 Å². The summed E-state index contributed by atoms with van der Waals surface area (Å²) in [6.07, 6.45) is -1.88. The van der Waals surface area contributed by atoms with E-state index in [0.29, 0.717) is 11.1 Å². The first-order valence-electron chi connectivity index (χ1n) is 10.5. The molecule has 2 N–H and O–H groups in total. The van der Waals surface area contributed by atoms with Crippen LogP contribution in [0.25, 0.3) is 0 Å². The van der Waals surface area contributed by atoms with Crippen LogP contribution in [0, 0.1) is 5.92 Å². The summed E-state index contributed by atoms with van der Waals surface area (Å²) in [5.74, 6) is -3.36. The van der Waals surface area contributed by atoms with Gasteiger partial charge < -0.3 is 19.7 Å². The smallest absolute Gasteiger partial charge is 0.423 e. The van der Waals surface area contributed by atoms with E-state index in [-0.39, 0.29) is 42.2 Å². The lowest BCUT2D eigenvalue weighted by molar-refractivity contribution is -0.140. The van der Waals surface area contributed by atoms with Gasteiger partial charge in [-0.2, -0.15) is 13.2 Å². The molecule has 1 aromatic heterocycles. The number of nitrogens with one attached hydrogen (secondary N) is 1. The van der Waals surface area contributed by atoms with Gasteiger partial charge in [-0.3, -0.25) is 9.59 Å². The highest BCUT2D eigenvalue weighted by Crippen LogP contribution is 2.44. The van der Waals surface area contributed by atoms with Crippen LogP contribution in [0.5, 0.6) is 11.5 Å². The van der Waals surface area contributed by atoms with E-state index in [1.807, 2.05) is 0 Å². The van der Waals surface area contributed by atoms with Crippen LogP contribution >= 0.6 is 24.0 Å².